The van der Waals surface area contributed by atoms with Gasteiger partial charge in [-0.1, -0.05) is 18.2 Å². The molecule has 2 heterocycles. The Kier molecular flexibility index (Phi) is 3.74. The van der Waals surface area contributed by atoms with Gasteiger partial charge >= 0.3 is 0 Å². The molecule has 2 aromatic carbocycles. The van der Waals surface area contributed by atoms with Crippen molar-refractivity contribution in [3.8, 4) is 17.0 Å². The highest BCUT2D eigenvalue weighted by Gasteiger charge is 2.04. The average molecular weight is 318 g/mol. The first-order valence-electron chi connectivity index (χ1n) is 7.37. The number of nitrogens with zero attached hydrogens (tertiary/aromatic N) is 2. The second-order valence-electron chi connectivity index (χ2n) is 5.10. The van der Waals surface area contributed by atoms with Crippen molar-refractivity contribution in [3.63, 3.8) is 0 Å². The predicted octanol–water partition coefficient (Wildman–Crippen LogP) is 4.94. The molecule has 112 valence electrons. The van der Waals surface area contributed by atoms with Crippen LogP contribution >= 0.6 is 11.3 Å². The van der Waals surface area contributed by atoms with Gasteiger partial charge in [-0.3, -0.25) is 4.98 Å². The van der Waals surface area contributed by atoms with Gasteiger partial charge in [-0.25, -0.2) is 4.98 Å². The number of aromatic nitrogens is 2. The molecule has 0 bridgehead atoms. The van der Waals surface area contributed by atoms with E-state index in [0.29, 0.717) is 6.61 Å². The SMILES string of the molecule is c1ccc(-c2ccc(OCc3nc4ccccc4s3)cc2)nc1. The van der Waals surface area contributed by atoms with Crippen LogP contribution in [0.25, 0.3) is 21.5 Å². The Bertz CT molecular complexity index is 884. The molecule has 4 aromatic rings. The molecule has 0 amide bonds. The van der Waals surface area contributed by atoms with Crippen LogP contribution in [-0.2, 0) is 6.61 Å². The number of para-hydroxylation sites is 1. The van der Waals surface area contributed by atoms with Crippen molar-refractivity contribution in [2.75, 3.05) is 0 Å². The summed E-state index contributed by atoms with van der Waals surface area (Å²) in [5.74, 6) is 0.837. The largest absolute Gasteiger partial charge is 0.486 e. The van der Waals surface area contributed by atoms with E-state index in [1.54, 1.807) is 17.5 Å². The van der Waals surface area contributed by atoms with Crippen LogP contribution in [-0.4, -0.2) is 9.97 Å². The summed E-state index contributed by atoms with van der Waals surface area (Å²) in [6.45, 7) is 0.488. The quantitative estimate of drug-likeness (QED) is 0.535. The number of hydrogen-bond acceptors (Lipinski definition) is 4. The van der Waals surface area contributed by atoms with Gasteiger partial charge in [0, 0.05) is 11.8 Å². The zero-order valence-corrected chi connectivity index (χ0v) is 13.2. The third-order valence-electron chi connectivity index (χ3n) is 3.52. The number of ether oxygens (including phenoxy) is 1. The second-order valence-corrected chi connectivity index (χ2v) is 6.22. The van der Waals surface area contributed by atoms with Crippen molar-refractivity contribution in [2.24, 2.45) is 0 Å². The highest BCUT2D eigenvalue weighted by atomic mass is 32.1. The molecule has 0 aliphatic carbocycles. The summed E-state index contributed by atoms with van der Waals surface area (Å²) in [4.78, 5) is 8.92. The van der Waals surface area contributed by atoms with Crippen LogP contribution < -0.4 is 4.74 Å². The van der Waals surface area contributed by atoms with Gasteiger partial charge < -0.3 is 4.74 Å². The Balaban J connectivity index is 1.47. The molecule has 0 aliphatic rings. The van der Waals surface area contributed by atoms with Crippen molar-refractivity contribution < 1.29 is 4.74 Å². The smallest absolute Gasteiger partial charge is 0.140 e. The van der Waals surface area contributed by atoms with Gasteiger partial charge in [0.15, 0.2) is 0 Å². The second kappa shape index (κ2) is 6.18. The normalized spacial score (nSPS) is 10.8. The molecular weight excluding hydrogens is 304 g/mol. The fourth-order valence-corrected chi connectivity index (χ4v) is 3.26. The first-order valence-corrected chi connectivity index (χ1v) is 8.19. The van der Waals surface area contributed by atoms with Crippen LogP contribution in [0.15, 0.2) is 72.9 Å². The molecule has 0 fully saturated rings. The summed E-state index contributed by atoms with van der Waals surface area (Å²) in [6.07, 6.45) is 1.80. The van der Waals surface area contributed by atoms with Crippen molar-refractivity contribution in [1.29, 1.82) is 0 Å². The molecule has 0 aliphatic heterocycles. The summed E-state index contributed by atoms with van der Waals surface area (Å²) in [7, 11) is 0. The van der Waals surface area contributed by atoms with E-state index in [2.05, 4.69) is 16.0 Å². The van der Waals surface area contributed by atoms with E-state index in [-0.39, 0.29) is 0 Å². The van der Waals surface area contributed by atoms with Gasteiger partial charge in [0.05, 0.1) is 15.9 Å². The Hall–Kier alpha value is -2.72. The van der Waals surface area contributed by atoms with Crippen LogP contribution in [0.2, 0.25) is 0 Å². The molecule has 4 heteroatoms. The lowest BCUT2D eigenvalue weighted by Crippen LogP contribution is -1.94. The highest BCUT2D eigenvalue weighted by molar-refractivity contribution is 7.18. The molecule has 3 nitrogen and oxygen atoms in total. The summed E-state index contributed by atoms with van der Waals surface area (Å²) in [5, 5.41) is 0.986. The van der Waals surface area contributed by atoms with Crippen LogP contribution in [0.3, 0.4) is 0 Å². The lowest BCUT2D eigenvalue weighted by molar-refractivity contribution is 0.306. The standard InChI is InChI=1S/C19H14N2OS/c1-2-7-18-17(6-1)21-19(23-18)13-22-15-10-8-14(9-11-15)16-5-3-4-12-20-16/h1-12H,13H2. The predicted molar refractivity (Wildman–Crippen MR) is 93.6 cm³/mol. The number of rotatable bonds is 4. The molecule has 0 atom stereocenters. The molecule has 23 heavy (non-hydrogen) atoms. The first kappa shape index (κ1) is 13.9. The fourth-order valence-electron chi connectivity index (χ4n) is 2.38. The number of fused-ring (bicyclic) bond motifs is 1. The molecule has 0 saturated heterocycles. The monoisotopic (exact) mass is 318 g/mol. The number of hydrogen-bond donors (Lipinski definition) is 0. The number of thiazole rings is 1. The molecule has 4 rings (SSSR count). The van der Waals surface area contributed by atoms with Gasteiger partial charge in [0.2, 0.25) is 0 Å². The maximum absolute atomic E-state index is 5.84. The summed E-state index contributed by atoms with van der Waals surface area (Å²) in [5.41, 5.74) is 3.07. The summed E-state index contributed by atoms with van der Waals surface area (Å²) in [6, 6.07) is 22.0. The highest BCUT2D eigenvalue weighted by Crippen LogP contribution is 2.24. The van der Waals surface area contributed by atoms with E-state index in [0.717, 1.165) is 27.5 Å². The van der Waals surface area contributed by atoms with Gasteiger partial charge in [0.25, 0.3) is 0 Å². The zero-order chi connectivity index (χ0) is 15.5. The number of benzene rings is 2. The van der Waals surface area contributed by atoms with Crippen LogP contribution in [0.4, 0.5) is 0 Å². The molecule has 0 radical (unpaired) electrons. The van der Waals surface area contributed by atoms with Crippen molar-refractivity contribution in [3.05, 3.63) is 77.9 Å². The Morgan fingerprint density at radius 3 is 2.48 bits per heavy atom. The Labute approximate surface area is 138 Å². The topological polar surface area (TPSA) is 35.0 Å². The average Bonchev–Trinajstić information content (AvgIpc) is 3.04. The molecule has 2 aromatic heterocycles. The summed E-state index contributed by atoms with van der Waals surface area (Å²) < 4.78 is 7.03. The maximum Gasteiger partial charge on any atom is 0.140 e. The van der Waals surface area contributed by atoms with E-state index in [1.807, 2.05) is 60.7 Å². The van der Waals surface area contributed by atoms with Gasteiger partial charge in [-0.2, -0.15) is 0 Å². The van der Waals surface area contributed by atoms with Crippen molar-refractivity contribution in [2.45, 2.75) is 6.61 Å². The minimum absolute atomic E-state index is 0.488. The van der Waals surface area contributed by atoms with E-state index in [9.17, 15) is 0 Å². The minimum atomic E-state index is 0.488. The fraction of sp³-hybridized carbons (Fsp3) is 0.0526. The zero-order valence-electron chi connectivity index (χ0n) is 12.3. The third-order valence-corrected chi connectivity index (χ3v) is 4.53. The Morgan fingerprint density at radius 1 is 0.870 bits per heavy atom. The van der Waals surface area contributed by atoms with Crippen molar-refractivity contribution in [1.82, 2.24) is 9.97 Å². The van der Waals surface area contributed by atoms with Crippen LogP contribution in [0.5, 0.6) is 5.75 Å². The van der Waals surface area contributed by atoms with Crippen LogP contribution in [0.1, 0.15) is 5.01 Å². The number of pyridine rings is 1. The summed E-state index contributed by atoms with van der Waals surface area (Å²) >= 11 is 1.67. The maximum atomic E-state index is 5.84. The van der Waals surface area contributed by atoms with Gasteiger partial charge in [-0.15, -0.1) is 11.3 Å². The molecule has 0 saturated carbocycles. The van der Waals surface area contributed by atoms with E-state index in [4.69, 9.17) is 4.74 Å². The third kappa shape index (κ3) is 3.07. The van der Waals surface area contributed by atoms with Gasteiger partial charge in [-0.05, 0) is 48.5 Å². The molecule has 0 N–H and O–H groups in total. The van der Waals surface area contributed by atoms with E-state index in [1.165, 1.54) is 4.70 Å². The molecule has 0 spiro atoms. The lowest BCUT2D eigenvalue weighted by Gasteiger charge is -2.05. The van der Waals surface area contributed by atoms with E-state index >= 15 is 0 Å². The first-order chi connectivity index (χ1) is 11.4. The minimum Gasteiger partial charge on any atom is -0.486 e. The van der Waals surface area contributed by atoms with Crippen LogP contribution in [0, 0.1) is 0 Å². The molecular formula is C19H14N2OS. The van der Waals surface area contributed by atoms with Crippen molar-refractivity contribution >= 4 is 21.6 Å². The van der Waals surface area contributed by atoms with Gasteiger partial charge in [0.1, 0.15) is 17.4 Å². The molecule has 0 unspecified atom stereocenters. The lowest BCUT2D eigenvalue weighted by atomic mass is 10.1. The Morgan fingerprint density at radius 2 is 1.70 bits per heavy atom. The van der Waals surface area contributed by atoms with E-state index < -0.39 is 0 Å².